The predicted octanol–water partition coefficient (Wildman–Crippen LogP) is 1.29. The van der Waals surface area contributed by atoms with Crippen molar-refractivity contribution in [2.24, 2.45) is 18.7 Å². The Morgan fingerprint density at radius 3 is 3.00 bits per heavy atom. The van der Waals surface area contributed by atoms with Gasteiger partial charge in [-0.3, -0.25) is 4.79 Å². The number of piperidine rings is 1. The molecule has 1 amide bonds. The third-order valence-electron chi connectivity index (χ3n) is 4.40. The molecule has 6 heteroatoms. The Hall–Kier alpha value is -1.43. The molecule has 0 aliphatic carbocycles. The standard InChI is InChI=1S/C15H27N5O/c1-12(7-8-16)5-6-14(21)20-9-3-4-13(10-20)15-18-17-11-19(15)2/h11-13H,3-10,16H2,1-2H3. The molecular weight excluding hydrogens is 266 g/mol. The van der Waals surface area contributed by atoms with Gasteiger partial charge in [0.25, 0.3) is 0 Å². The number of likely N-dealkylation sites (tertiary alicyclic amines) is 1. The Morgan fingerprint density at radius 2 is 2.33 bits per heavy atom. The molecule has 0 saturated carbocycles. The third-order valence-corrected chi connectivity index (χ3v) is 4.40. The van der Waals surface area contributed by atoms with Crippen LogP contribution in [0.2, 0.25) is 0 Å². The molecular formula is C15H27N5O. The van der Waals surface area contributed by atoms with Gasteiger partial charge >= 0.3 is 0 Å². The van der Waals surface area contributed by atoms with Gasteiger partial charge in [-0.05, 0) is 38.1 Å². The molecule has 2 atom stereocenters. The lowest BCUT2D eigenvalue weighted by Crippen LogP contribution is -2.39. The molecule has 0 bridgehead atoms. The number of carbonyl (C=O) groups excluding carboxylic acids is 1. The van der Waals surface area contributed by atoms with E-state index >= 15 is 0 Å². The molecule has 2 heterocycles. The monoisotopic (exact) mass is 293 g/mol. The fourth-order valence-corrected chi connectivity index (χ4v) is 3.03. The summed E-state index contributed by atoms with van der Waals surface area (Å²) >= 11 is 0. The maximum atomic E-state index is 12.4. The van der Waals surface area contributed by atoms with E-state index in [9.17, 15) is 4.79 Å². The lowest BCUT2D eigenvalue weighted by atomic mass is 9.96. The average molecular weight is 293 g/mol. The highest BCUT2D eigenvalue weighted by molar-refractivity contribution is 5.76. The number of aromatic nitrogens is 3. The summed E-state index contributed by atoms with van der Waals surface area (Å²) in [5, 5.41) is 8.14. The number of carbonyl (C=O) groups is 1. The number of rotatable bonds is 6. The molecule has 1 aromatic heterocycles. The number of hydrogen-bond acceptors (Lipinski definition) is 4. The lowest BCUT2D eigenvalue weighted by Gasteiger charge is -2.32. The highest BCUT2D eigenvalue weighted by atomic mass is 16.2. The second-order valence-electron chi connectivity index (χ2n) is 6.20. The van der Waals surface area contributed by atoms with Crippen LogP contribution in [0.15, 0.2) is 6.33 Å². The first-order chi connectivity index (χ1) is 10.1. The van der Waals surface area contributed by atoms with Crippen LogP contribution in [0.1, 0.15) is 50.8 Å². The molecule has 1 fully saturated rings. The van der Waals surface area contributed by atoms with Crippen molar-refractivity contribution in [1.82, 2.24) is 19.7 Å². The van der Waals surface area contributed by atoms with E-state index in [0.717, 1.165) is 44.6 Å². The molecule has 2 unspecified atom stereocenters. The van der Waals surface area contributed by atoms with Gasteiger partial charge in [0.05, 0.1) is 0 Å². The fraction of sp³-hybridized carbons (Fsp3) is 0.800. The van der Waals surface area contributed by atoms with Crippen LogP contribution in [-0.2, 0) is 11.8 Å². The van der Waals surface area contributed by atoms with Crippen molar-refractivity contribution in [2.75, 3.05) is 19.6 Å². The van der Waals surface area contributed by atoms with Crippen LogP contribution in [0.5, 0.6) is 0 Å². The second-order valence-corrected chi connectivity index (χ2v) is 6.20. The van der Waals surface area contributed by atoms with Gasteiger partial charge in [-0.15, -0.1) is 10.2 Å². The van der Waals surface area contributed by atoms with Crippen LogP contribution in [0, 0.1) is 5.92 Å². The number of hydrogen-bond donors (Lipinski definition) is 1. The number of nitrogens with two attached hydrogens (primary N) is 1. The van der Waals surface area contributed by atoms with Gasteiger partial charge in [0.2, 0.25) is 5.91 Å². The predicted molar refractivity (Wildman–Crippen MR) is 81.6 cm³/mol. The van der Waals surface area contributed by atoms with Crippen LogP contribution in [-0.4, -0.2) is 45.2 Å². The van der Waals surface area contributed by atoms with Crippen molar-refractivity contribution < 1.29 is 4.79 Å². The third kappa shape index (κ3) is 4.27. The molecule has 1 aromatic rings. The van der Waals surface area contributed by atoms with Crippen LogP contribution >= 0.6 is 0 Å². The fourth-order valence-electron chi connectivity index (χ4n) is 3.03. The summed E-state index contributed by atoms with van der Waals surface area (Å²) in [5.41, 5.74) is 5.55. The van der Waals surface area contributed by atoms with E-state index in [-0.39, 0.29) is 5.91 Å². The minimum absolute atomic E-state index is 0.269. The van der Waals surface area contributed by atoms with Gasteiger partial charge in [-0.2, -0.15) is 0 Å². The van der Waals surface area contributed by atoms with Crippen molar-refractivity contribution in [1.29, 1.82) is 0 Å². The quantitative estimate of drug-likeness (QED) is 0.857. The van der Waals surface area contributed by atoms with Crippen molar-refractivity contribution in [3.63, 3.8) is 0 Å². The van der Waals surface area contributed by atoms with Gasteiger partial charge in [0, 0.05) is 32.5 Å². The first-order valence-electron chi connectivity index (χ1n) is 7.93. The summed E-state index contributed by atoms with van der Waals surface area (Å²) in [6.07, 6.45) is 6.41. The van der Waals surface area contributed by atoms with Gasteiger partial charge in [-0.1, -0.05) is 6.92 Å². The van der Waals surface area contributed by atoms with Crippen LogP contribution in [0.3, 0.4) is 0 Å². The molecule has 2 rings (SSSR count). The summed E-state index contributed by atoms with van der Waals surface area (Å²) in [4.78, 5) is 14.4. The second kappa shape index (κ2) is 7.54. The van der Waals surface area contributed by atoms with Gasteiger partial charge in [0.15, 0.2) is 0 Å². The van der Waals surface area contributed by atoms with E-state index < -0.39 is 0 Å². The minimum Gasteiger partial charge on any atom is -0.342 e. The highest BCUT2D eigenvalue weighted by Gasteiger charge is 2.27. The van der Waals surface area contributed by atoms with E-state index in [1.54, 1.807) is 6.33 Å². The number of amides is 1. The average Bonchev–Trinajstić information content (AvgIpc) is 2.91. The summed E-state index contributed by atoms with van der Waals surface area (Å²) in [6.45, 7) is 4.51. The lowest BCUT2D eigenvalue weighted by molar-refractivity contribution is -0.132. The SMILES string of the molecule is CC(CCN)CCC(=O)N1CCCC(c2nncn2C)C1. The van der Waals surface area contributed by atoms with E-state index in [2.05, 4.69) is 17.1 Å². The Morgan fingerprint density at radius 1 is 1.52 bits per heavy atom. The number of nitrogens with zero attached hydrogens (tertiary/aromatic N) is 4. The first-order valence-corrected chi connectivity index (χ1v) is 7.93. The zero-order valence-corrected chi connectivity index (χ0v) is 13.2. The Kier molecular flexibility index (Phi) is 5.73. The zero-order chi connectivity index (χ0) is 15.2. The van der Waals surface area contributed by atoms with E-state index in [1.807, 2.05) is 16.5 Å². The summed E-state index contributed by atoms with van der Waals surface area (Å²) < 4.78 is 1.96. The molecule has 0 radical (unpaired) electrons. The Balaban J connectivity index is 1.86. The molecule has 0 spiro atoms. The molecule has 1 aliphatic rings. The van der Waals surface area contributed by atoms with Gasteiger partial charge < -0.3 is 15.2 Å². The minimum atomic E-state index is 0.269. The summed E-state index contributed by atoms with van der Waals surface area (Å²) in [7, 11) is 1.96. The topological polar surface area (TPSA) is 77.0 Å². The number of aryl methyl sites for hydroxylation is 1. The molecule has 2 N–H and O–H groups in total. The molecule has 1 aliphatic heterocycles. The van der Waals surface area contributed by atoms with Gasteiger partial charge in [-0.25, -0.2) is 0 Å². The normalized spacial score (nSPS) is 20.5. The summed E-state index contributed by atoms with van der Waals surface area (Å²) in [5.74, 6) is 2.10. The molecule has 0 aromatic carbocycles. The van der Waals surface area contributed by atoms with Crippen molar-refractivity contribution >= 4 is 5.91 Å². The van der Waals surface area contributed by atoms with Crippen LogP contribution in [0.25, 0.3) is 0 Å². The van der Waals surface area contributed by atoms with E-state index in [4.69, 9.17) is 5.73 Å². The molecule has 21 heavy (non-hydrogen) atoms. The maximum Gasteiger partial charge on any atom is 0.222 e. The van der Waals surface area contributed by atoms with E-state index in [0.29, 0.717) is 24.8 Å². The largest absolute Gasteiger partial charge is 0.342 e. The summed E-state index contributed by atoms with van der Waals surface area (Å²) in [6, 6.07) is 0. The molecule has 1 saturated heterocycles. The zero-order valence-electron chi connectivity index (χ0n) is 13.2. The van der Waals surface area contributed by atoms with Crippen LogP contribution in [0.4, 0.5) is 0 Å². The first kappa shape index (κ1) is 15.9. The van der Waals surface area contributed by atoms with Gasteiger partial charge in [0.1, 0.15) is 12.2 Å². The van der Waals surface area contributed by atoms with Crippen molar-refractivity contribution in [3.05, 3.63) is 12.2 Å². The van der Waals surface area contributed by atoms with Crippen LogP contribution < -0.4 is 5.73 Å². The smallest absolute Gasteiger partial charge is 0.222 e. The van der Waals surface area contributed by atoms with Crippen molar-refractivity contribution in [2.45, 2.75) is 44.9 Å². The molecule has 6 nitrogen and oxygen atoms in total. The Labute approximate surface area is 126 Å². The molecule has 118 valence electrons. The van der Waals surface area contributed by atoms with E-state index in [1.165, 1.54) is 0 Å². The van der Waals surface area contributed by atoms with Crippen molar-refractivity contribution in [3.8, 4) is 0 Å². The maximum absolute atomic E-state index is 12.4. The Bertz CT molecular complexity index is 459. The highest BCUT2D eigenvalue weighted by Crippen LogP contribution is 2.25.